The van der Waals surface area contributed by atoms with Crippen molar-refractivity contribution < 1.29 is 14.3 Å². The highest BCUT2D eigenvalue weighted by atomic mass is 16.5. The van der Waals surface area contributed by atoms with Gasteiger partial charge >= 0.3 is 0 Å². The normalized spacial score (nSPS) is 11.0. The second kappa shape index (κ2) is 4.99. The van der Waals surface area contributed by atoms with Gasteiger partial charge in [-0.3, -0.25) is 9.59 Å². The van der Waals surface area contributed by atoms with E-state index < -0.39 is 5.91 Å². The maximum Gasteiger partial charge on any atom is 0.255 e. The van der Waals surface area contributed by atoms with E-state index in [-0.39, 0.29) is 12.0 Å². The fourth-order valence-corrected chi connectivity index (χ4v) is 1.39. The molecule has 4 heteroatoms. The first-order valence-corrected chi connectivity index (χ1v) is 5.35. The lowest BCUT2D eigenvalue weighted by Gasteiger charge is -2.20. The lowest BCUT2D eigenvalue weighted by Crippen LogP contribution is -2.20. The van der Waals surface area contributed by atoms with Crippen LogP contribution in [0.3, 0.4) is 0 Å². The molecule has 0 aliphatic carbocycles. The number of amides is 1. The van der Waals surface area contributed by atoms with Crippen molar-refractivity contribution in [2.24, 2.45) is 5.73 Å². The Hall–Kier alpha value is -1.84. The SMILES string of the molecule is CC(C)(C)c1ccc(OCC(N)=O)c(C=O)c1. The van der Waals surface area contributed by atoms with E-state index >= 15 is 0 Å². The van der Waals surface area contributed by atoms with Gasteiger partial charge in [0.1, 0.15) is 5.75 Å². The van der Waals surface area contributed by atoms with Gasteiger partial charge in [-0.1, -0.05) is 26.8 Å². The molecule has 0 fully saturated rings. The fourth-order valence-electron chi connectivity index (χ4n) is 1.39. The predicted octanol–water partition coefficient (Wildman–Crippen LogP) is 1.66. The first-order chi connectivity index (χ1) is 7.84. The Morgan fingerprint density at radius 1 is 1.41 bits per heavy atom. The topological polar surface area (TPSA) is 69.4 Å². The average molecular weight is 235 g/mol. The maximum atomic E-state index is 11.0. The molecule has 0 atom stereocenters. The maximum absolute atomic E-state index is 11.0. The molecule has 1 aromatic carbocycles. The van der Waals surface area contributed by atoms with E-state index in [9.17, 15) is 9.59 Å². The lowest BCUT2D eigenvalue weighted by atomic mass is 9.86. The highest BCUT2D eigenvalue weighted by Gasteiger charge is 2.16. The van der Waals surface area contributed by atoms with Crippen molar-refractivity contribution in [3.8, 4) is 5.75 Å². The molecule has 1 amide bonds. The van der Waals surface area contributed by atoms with Crippen LogP contribution >= 0.6 is 0 Å². The van der Waals surface area contributed by atoms with Crippen LogP contribution in [0.2, 0.25) is 0 Å². The van der Waals surface area contributed by atoms with Gasteiger partial charge in [0, 0.05) is 0 Å². The monoisotopic (exact) mass is 235 g/mol. The minimum absolute atomic E-state index is 0.0417. The second-order valence-corrected chi connectivity index (χ2v) is 4.88. The molecular weight excluding hydrogens is 218 g/mol. The van der Waals surface area contributed by atoms with Crippen LogP contribution in [0.25, 0.3) is 0 Å². The summed E-state index contributed by atoms with van der Waals surface area (Å²) in [5.74, 6) is -0.187. The number of hydrogen-bond acceptors (Lipinski definition) is 3. The third-order valence-electron chi connectivity index (χ3n) is 2.37. The molecule has 0 aliphatic rings. The molecule has 0 saturated carbocycles. The molecule has 0 spiro atoms. The third-order valence-corrected chi connectivity index (χ3v) is 2.37. The van der Waals surface area contributed by atoms with Gasteiger partial charge in [-0.15, -0.1) is 0 Å². The second-order valence-electron chi connectivity index (χ2n) is 4.88. The van der Waals surface area contributed by atoms with Crippen molar-refractivity contribution >= 4 is 12.2 Å². The number of carbonyl (C=O) groups excluding carboxylic acids is 2. The minimum atomic E-state index is -0.568. The molecule has 0 aliphatic heterocycles. The van der Waals surface area contributed by atoms with E-state index in [0.717, 1.165) is 5.56 Å². The number of nitrogens with two attached hydrogens (primary N) is 1. The van der Waals surface area contributed by atoms with Gasteiger partial charge in [-0.05, 0) is 23.1 Å². The summed E-state index contributed by atoms with van der Waals surface area (Å²) in [7, 11) is 0. The number of ether oxygens (including phenoxy) is 1. The van der Waals surface area contributed by atoms with Crippen LogP contribution in [0.4, 0.5) is 0 Å². The molecule has 4 nitrogen and oxygen atoms in total. The zero-order valence-corrected chi connectivity index (χ0v) is 10.3. The van der Waals surface area contributed by atoms with Gasteiger partial charge in [-0.2, -0.15) is 0 Å². The highest BCUT2D eigenvalue weighted by molar-refractivity contribution is 5.80. The summed E-state index contributed by atoms with van der Waals surface area (Å²) in [6, 6.07) is 5.33. The summed E-state index contributed by atoms with van der Waals surface area (Å²) in [5, 5.41) is 0. The van der Waals surface area contributed by atoms with Crippen LogP contribution in [0.5, 0.6) is 5.75 Å². The van der Waals surface area contributed by atoms with E-state index in [0.29, 0.717) is 17.6 Å². The molecule has 1 aromatic rings. The third kappa shape index (κ3) is 3.59. The van der Waals surface area contributed by atoms with Crippen LogP contribution < -0.4 is 10.5 Å². The molecule has 0 heterocycles. The number of benzene rings is 1. The Kier molecular flexibility index (Phi) is 3.89. The zero-order valence-electron chi connectivity index (χ0n) is 10.3. The first-order valence-electron chi connectivity index (χ1n) is 5.35. The Labute approximate surface area is 101 Å². The van der Waals surface area contributed by atoms with Crippen molar-refractivity contribution in [3.05, 3.63) is 29.3 Å². The van der Waals surface area contributed by atoms with Gasteiger partial charge in [0.25, 0.3) is 5.91 Å². The average Bonchev–Trinajstić information content (AvgIpc) is 2.24. The molecule has 0 saturated heterocycles. The molecule has 0 aromatic heterocycles. The predicted molar refractivity (Wildman–Crippen MR) is 65.2 cm³/mol. The molecule has 17 heavy (non-hydrogen) atoms. The van der Waals surface area contributed by atoms with E-state index in [1.54, 1.807) is 12.1 Å². The van der Waals surface area contributed by atoms with Gasteiger partial charge < -0.3 is 10.5 Å². The first kappa shape index (κ1) is 13.2. The van der Waals surface area contributed by atoms with Crippen molar-refractivity contribution in [1.82, 2.24) is 0 Å². The lowest BCUT2D eigenvalue weighted by molar-refractivity contribution is -0.119. The number of hydrogen-bond donors (Lipinski definition) is 1. The number of carbonyl (C=O) groups is 2. The standard InChI is InChI=1S/C13H17NO3/c1-13(2,3)10-4-5-11(9(6-10)7-15)17-8-12(14)16/h4-7H,8H2,1-3H3,(H2,14,16). The molecule has 92 valence electrons. The van der Waals surface area contributed by atoms with Crippen molar-refractivity contribution in [1.29, 1.82) is 0 Å². The van der Waals surface area contributed by atoms with Gasteiger partial charge in [0.05, 0.1) is 5.56 Å². The zero-order chi connectivity index (χ0) is 13.1. The van der Waals surface area contributed by atoms with Crippen LogP contribution in [0.1, 0.15) is 36.7 Å². The summed E-state index contributed by atoms with van der Waals surface area (Å²) >= 11 is 0. The van der Waals surface area contributed by atoms with Gasteiger partial charge in [-0.25, -0.2) is 0 Å². The fraction of sp³-hybridized carbons (Fsp3) is 0.385. The summed E-state index contributed by atoms with van der Waals surface area (Å²) in [5.41, 5.74) is 6.40. The number of rotatable bonds is 4. The number of aldehydes is 1. The summed E-state index contributed by atoms with van der Waals surface area (Å²) in [6.07, 6.45) is 0.714. The van der Waals surface area contributed by atoms with Crippen molar-refractivity contribution in [2.45, 2.75) is 26.2 Å². The van der Waals surface area contributed by atoms with E-state index in [1.165, 1.54) is 0 Å². The van der Waals surface area contributed by atoms with Crippen LogP contribution in [-0.2, 0) is 10.2 Å². The molecule has 2 N–H and O–H groups in total. The number of primary amides is 1. The van der Waals surface area contributed by atoms with Gasteiger partial charge in [0.2, 0.25) is 0 Å². The molecule has 0 unspecified atom stereocenters. The van der Waals surface area contributed by atoms with Crippen LogP contribution in [0.15, 0.2) is 18.2 Å². The van der Waals surface area contributed by atoms with Crippen molar-refractivity contribution in [3.63, 3.8) is 0 Å². The molecule has 0 bridgehead atoms. The minimum Gasteiger partial charge on any atom is -0.483 e. The van der Waals surface area contributed by atoms with Crippen LogP contribution in [0, 0.1) is 0 Å². The quantitative estimate of drug-likeness (QED) is 0.807. The summed E-state index contributed by atoms with van der Waals surface area (Å²) < 4.78 is 5.15. The highest BCUT2D eigenvalue weighted by Crippen LogP contribution is 2.27. The summed E-state index contributed by atoms with van der Waals surface area (Å²) in [6.45, 7) is 5.94. The Morgan fingerprint density at radius 2 is 2.06 bits per heavy atom. The Morgan fingerprint density at radius 3 is 2.53 bits per heavy atom. The Bertz CT molecular complexity index is 433. The molecule has 1 rings (SSSR count). The van der Waals surface area contributed by atoms with E-state index in [1.807, 2.05) is 6.07 Å². The van der Waals surface area contributed by atoms with E-state index in [4.69, 9.17) is 10.5 Å². The van der Waals surface area contributed by atoms with Gasteiger partial charge in [0.15, 0.2) is 12.9 Å². The van der Waals surface area contributed by atoms with E-state index in [2.05, 4.69) is 20.8 Å². The Balaban J connectivity index is 3.01. The van der Waals surface area contributed by atoms with Crippen molar-refractivity contribution in [2.75, 3.05) is 6.61 Å². The smallest absolute Gasteiger partial charge is 0.255 e. The molecule has 0 radical (unpaired) electrons. The van der Waals surface area contributed by atoms with Crippen LogP contribution in [-0.4, -0.2) is 18.8 Å². The summed E-state index contributed by atoms with van der Waals surface area (Å²) in [4.78, 5) is 21.6. The largest absolute Gasteiger partial charge is 0.483 e. The molecular formula is C13H17NO3.